The molecule has 2 N–H and O–H groups in total. The lowest BCUT2D eigenvalue weighted by Crippen LogP contribution is -2.36. The molecule has 0 radical (unpaired) electrons. The van der Waals surface area contributed by atoms with Gasteiger partial charge in [-0.05, 0) is 29.7 Å². The first kappa shape index (κ1) is 21.4. The Bertz CT molecular complexity index is 839. The lowest BCUT2D eigenvalue weighted by Gasteiger charge is -2.11. The third-order valence-electron chi connectivity index (χ3n) is 3.96. The zero-order chi connectivity index (χ0) is 18.4. The molecular weight excluding hydrogens is 471 g/mol. The molecule has 0 saturated heterocycles. The molecule has 0 fully saturated rings. The van der Waals surface area contributed by atoms with E-state index in [-0.39, 0.29) is 24.0 Å². The minimum absolute atomic E-state index is 0. The number of nitrogens with zero attached hydrogens (tertiary/aromatic N) is 4. The Kier molecular flexibility index (Phi) is 8.23. The third kappa shape index (κ3) is 6.03. The molecule has 6 nitrogen and oxygen atoms in total. The quantitative estimate of drug-likeness (QED) is 0.308. The first-order valence-electron chi connectivity index (χ1n) is 8.63. The van der Waals surface area contributed by atoms with Crippen LogP contribution in [0, 0.1) is 0 Å². The Hall–Kier alpha value is -1.94. The van der Waals surface area contributed by atoms with Crippen molar-refractivity contribution in [2.75, 3.05) is 7.05 Å². The van der Waals surface area contributed by atoms with Crippen molar-refractivity contribution in [2.45, 2.75) is 32.9 Å². The van der Waals surface area contributed by atoms with Crippen molar-refractivity contribution in [3.63, 3.8) is 0 Å². The van der Waals surface area contributed by atoms with Crippen LogP contribution in [0.4, 0.5) is 0 Å². The molecule has 27 heavy (non-hydrogen) atoms. The van der Waals surface area contributed by atoms with Gasteiger partial charge in [0.15, 0.2) is 5.96 Å². The maximum absolute atomic E-state index is 4.63. The highest BCUT2D eigenvalue weighted by molar-refractivity contribution is 14.0. The van der Waals surface area contributed by atoms with Crippen LogP contribution in [0.25, 0.3) is 5.69 Å². The van der Waals surface area contributed by atoms with Crippen LogP contribution in [-0.4, -0.2) is 27.8 Å². The number of rotatable bonds is 6. The molecule has 0 unspecified atom stereocenters. The Morgan fingerprint density at radius 3 is 2.52 bits per heavy atom. The van der Waals surface area contributed by atoms with Gasteiger partial charge in [0.1, 0.15) is 5.01 Å². The molecule has 1 aromatic carbocycles. The summed E-state index contributed by atoms with van der Waals surface area (Å²) in [7, 11) is 1.78. The van der Waals surface area contributed by atoms with Crippen molar-refractivity contribution in [1.82, 2.24) is 25.4 Å². The van der Waals surface area contributed by atoms with Crippen molar-refractivity contribution in [3.05, 3.63) is 64.4 Å². The van der Waals surface area contributed by atoms with E-state index in [0.29, 0.717) is 19.0 Å². The van der Waals surface area contributed by atoms with E-state index in [9.17, 15) is 0 Å². The minimum atomic E-state index is 0. The number of hydrogen-bond donors (Lipinski definition) is 2. The number of aromatic nitrogens is 3. The molecule has 8 heteroatoms. The lowest BCUT2D eigenvalue weighted by atomic mass is 10.2. The van der Waals surface area contributed by atoms with Crippen LogP contribution in [0.1, 0.15) is 36.0 Å². The van der Waals surface area contributed by atoms with Crippen molar-refractivity contribution in [3.8, 4) is 5.69 Å². The van der Waals surface area contributed by atoms with Crippen LogP contribution in [0.3, 0.4) is 0 Å². The van der Waals surface area contributed by atoms with E-state index in [2.05, 4.69) is 69.2 Å². The van der Waals surface area contributed by atoms with E-state index in [1.807, 2.05) is 16.9 Å². The first-order valence-corrected chi connectivity index (χ1v) is 9.51. The Balaban J connectivity index is 0.00000261. The topological polar surface area (TPSA) is 67.1 Å². The molecule has 2 aromatic heterocycles. The summed E-state index contributed by atoms with van der Waals surface area (Å²) in [4.78, 5) is 8.91. The summed E-state index contributed by atoms with van der Waals surface area (Å²) in [5.74, 6) is 1.23. The molecule has 0 aliphatic rings. The average Bonchev–Trinajstić information content (AvgIpc) is 3.34. The summed E-state index contributed by atoms with van der Waals surface area (Å²) in [5.41, 5.74) is 3.37. The SMILES string of the molecule is CN=C(NCc1ccc(-n2cccn2)cc1)NCc1nc(C(C)C)cs1.I. The maximum atomic E-state index is 4.63. The molecule has 144 valence electrons. The van der Waals surface area contributed by atoms with Crippen molar-refractivity contribution < 1.29 is 0 Å². The largest absolute Gasteiger partial charge is 0.352 e. The molecule has 0 aliphatic heterocycles. The van der Waals surface area contributed by atoms with E-state index >= 15 is 0 Å². The molecule has 3 aromatic rings. The van der Waals surface area contributed by atoms with Crippen LogP contribution in [-0.2, 0) is 13.1 Å². The number of thiazole rings is 1. The van der Waals surface area contributed by atoms with Gasteiger partial charge < -0.3 is 10.6 Å². The number of nitrogens with one attached hydrogen (secondary N) is 2. The normalized spacial score (nSPS) is 11.3. The first-order chi connectivity index (χ1) is 12.7. The summed E-state index contributed by atoms with van der Waals surface area (Å²) < 4.78 is 1.84. The zero-order valence-corrected chi connectivity index (χ0v) is 18.9. The number of guanidine groups is 1. The Morgan fingerprint density at radius 1 is 1.19 bits per heavy atom. The summed E-state index contributed by atoms with van der Waals surface area (Å²) in [6.45, 7) is 5.69. The second-order valence-corrected chi connectivity index (χ2v) is 7.16. The fourth-order valence-corrected chi connectivity index (χ4v) is 3.32. The van der Waals surface area contributed by atoms with E-state index in [0.717, 1.165) is 22.3 Å². The minimum Gasteiger partial charge on any atom is -0.352 e. The van der Waals surface area contributed by atoms with Crippen LogP contribution in [0.5, 0.6) is 0 Å². The van der Waals surface area contributed by atoms with Gasteiger partial charge >= 0.3 is 0 Å². The van der Waals surface area contributed by atoms with Gasteiger partial charge in [0.05, 0.1) is 17.9 Å². The Morgan fingerprint density at radius 2 is 1.93 bits per heavy atom. The molecule has 3 rings (SSSR count). The van der Waals surface area contributed by atoms with Gasteiger partial charge in [-0.3, -0.25) is 4.99 Å². The molecule has 0 amide bonds. The van der Waals surface area contributed by atoms with E-state index < -0.39 is 0 Å². The summed E-state index contributed by atoms with van der Waals surface area (Å²) >= 11 is 1.68. The van der Waals surface area contributed by atoms with Gasteiger partial charge in [-0.25, -0.2) is 9.67 Å². The molecular formula is C19H25IN6S. The van der Waals surface area contributed by atoms with Crippen LogP contribution in [0.2, 0.25) is 0 Å². The fraction of sp³-hybridized carbons (Fsp3) is 0.316. The number of aliphatic imine (C=N–C) groups is 1. The number of hydrogen-bond acceptors (Lipinski definition) is 4. The Labute approximate surface area is 181 Å². The predicted octanol–water partition coefficient (Wildman–Crippen LogP) is 3.94. The van der Waals surface area contributed by atoms with Gasteiger partial charge in [-0.2, -0.15) is 5.10 Å². The van der Waals surface area contributed by atoms with Crippen LogP contribution >= 0.6 is 35.3 Å². The molecule has 0 bridgehead atoms. The van der Waals surface area contributed by atoms with E-state index in [1.165, 1.54) is 5.56 Å². The maximum Gasteiger partial charge on any atom is 0.191 e. The monoisotopic (exact) mass is 496 g/mol. The van der Waals surface area contributed by atoms with E-state index in [1.54, 1.807) is 24.6 Å². The van der Waals surface area contributed by atoms with Gasteiger partial charge in [-0.15, -0.1) is 35.3 Å². The smallest absolute Gasteiger partial charge is 0.191 e. The second kappa shape index (κ2) is 10.4. The van der Waals surface area contributed by atoms with Gasteiger partial charge in [0.25, 0.3) is 0 Å². The molecule has 0 spiro atoms. The molecule has 2 heterocycles. The second-order valence-electron chi connectivity index (χ2n) is 6.22. The summed E-state index contributed by atoms with van der Waals surface area (Å²) in [5, 5.41) is 14.1. The summed E-state index contributed by atoms with van der Waals surface area (Å²) in [6, 6.07) is 10.2. The van der Waals surface area contributed by atoms with Gasteiger partial charge in [0, 0.05) is 31.4 Å². The van der Waals surface area contributed by atoms with Crippen LogP contribution in [0.15, 0.2) is 53.1 Å². The van der Waals surface area contributed by atoms with Crippen LogP contribution < -0.4 is 10.6 Å². The molecule has 0 aliphatic carbocycles. The van der Waals surface area contributed by atoms with E-state index in [4.69, 9.17) is 0 Å². The molecule has 0 saturated carbocycles. The zero-order valence-electron chi connectivity index (χ0n) is 15.7. The van der Waals surface area contributed by atoms with Crippen molar-refractivity contribution >= 4 is 41.3 Å². The number of halogens is 1. The lowest BCUT2D eigenvalue weighted by molar-refractivity contribution is 0.784. The van der Waals surface area contributed by atoms with Crippen molar-refractivity contribution in [2.24, 2.45) is 4.99 Å². The fourth-order valence-electron chi connectivity index (χ4n) is 2.43. The summed E-state index contributed by atoms with van der Waals surface area (Å²) in [6.07, 6.45) is 3.71. The highest BCUT2D eigenvalue weighted by Gasteiger charge is 2.06. The highest BCUT2D eigenvalue weighted by atomic mass is 127. The van der Waals surface area contributed by atoms with Gasteiger partial charge in [-0.1, -0.05) is 26.0 Å². The highest BCUT2D eigenvalue weighted by Crippen LogP contribution is 2.17. The van der Waals surface area contributed by atoms with Gasteiger partial charge in [0.2, 0.25) is 0 Å². The average molecular weight is 496 g/mol. The standard InChI is InChI=1S/C19H24N6S.HI/c1-14(2)17-13-26-18(24-17)12-22-19(20-3)21-11-15-5-7-16(8-6-15)25-10-4-9-23-25;/h4-10,13-14H,11-12H2,1-3H3,(H2,20,21,22);1H. The predicted molar refractivity (Wildman–Crippen MR) is 122 cm³/mol. The van der Waals surface area contributed by atoms with Crippen molar-refractivity contribution in [1.29, 1.82) is 0 Å². The molecule has 0 atom stereocenters. The number of benzene rings is 1. The third-order valence-corrected chi connectivity index (χ3v) is 4.82.